The van der Waals surface area contributed by atoms with Gasteiger partial charge in [0.1, 0.15) is 0 Å². The Bertz CT molecular complexity index is 490. The van der Waals surface area contributed by atoms with E-state index >= 15 is 0 Å². The molecule has 0 spiro atoms. The van der Waals surface area contributed by atoms with Gasteiger partial charge in [-0.2, -0.15) is 0 Å². The van der Waals surface area contributed by atoms with Gasteiger partial charge in [-0.1, -0.05) is 72.9 Å². The lowest BCUT2D eigenvalue weighted by Crippen LogP contribution is -2.35. The SMILES string of the molecule is C1=CC2CC=C[C@H]([C@H]3C=CCC4C=CC=CC43)C2C=C1. The maximum atomic E-state index is 2.49. The Morgan fingerprint density at radius 1 is 0.450 bits per heavy atom. The molecule has 0 aromatic rings. The third-order valence-electron chi connectivity index (χ3n) is 5.46. The van der Waals surface area contributed by atoms with Gasteiger partial charge in [0.05, 0.1) is 0 Å². The van der Waals surface area contributed by atoms with Crippen molar-refractivity contribution >= 4 is 0 Å². The second-order valence-corrected chi connectivity index (χ2v) is 6.50. The first kappa shape index (κ1) is 12.2. The molecular weight excluding hydrogens is 240 g/mol. The summed E-state index contributed by atoms with van der Waals surface area (Å²) in [5.74, 6) is 4.14. The van der Waals surface area contributed by atoms with Crippen LogP contribution in [0.15, 0.2) is 72.9 Å². The molecule has 0 nitrogen and oxygen atoms in total. The predicted molar refractivity (Wildman–Crippen MR) is 85.0 cm³/mol. The van der Waals surface area contributed by atoms with Crippen LogP contribution >= 0.6 is 0 Å². The maximum Gasteiger partial charge on any atom is -0.00955 e. The Kier molecular flexibility index (Phi) is 3.10. The molecule has 0 amide bonds. The van der Waals surface area contributed by atoms with Gasteiger partial charge in [0.2, 0.25) is 0 Å². The van der Waals surface area contributed by atoms with Crippen molar-refractivity contribution in [3.63, 3.8) is 0 Å². The lowest BCUT2D eigenvalue weighted by molar-refractivity contribution is 0.217. The summed E-state index contributed by atoms with van der Waals surface area (Å²) in [6.07, 6.45) is 30.9. The van der Waals surface area contributed by atoms with Crippen LogP contribution in [0.4, 0.5) is 0 Å². The van der Waals surface area contributed by atoms with E-state index < -0.39 is 0 Å². The smallest absolute Gasteiger partial charge is 0.00955 e. The van der Waals surface area contributed by atoms with Gasteiger partial charge in [-0.05, 0) is 48.3 Å². The fraction of sp³-hybridized carbons (Fsp3) is 0.400. The summed E-state index contributed by atoms with van der Waals surface area (Å²) in [6.45, 7) is 0. The van der Waals surface area contributed by atoms with Crippen molar-refractivity contribution in [3.8, 4) is 0 Å². The van der Waals surface area contributed by atoms with Crippen molar-refractivity contribution in [1.29, 1.82) is 0 Å². The van der Waals surface area contributed by atoms with Crippen LogP contribution in [0, 0.1) is 35.5 Å². The van der Waals surface area contributed by atoms with Gasteiger partial charge < -0.3 is 0 Å². The minimum atomic E-state index is 0.662. The van der Waals surface area contributed by atoms with E-state index in [0.717, 1.165) is 0 Å². The van der Waals surface area contributed by atoms with E-state index in [0.29, 0.717) is 35.5 Å². The van der Waals surface area contributed by atoms with Crippen molar-refractivity contribution < 1.29 is 0 Å². The van der Waals surface area contributed by atoms with E-state index in [9.17, 15) is 0 Å². The molecule has 6 atom stereocenters. The lowest BCUT2D eigenvalue weighted by atomic mass is 9.62. The third kappa shape index (κ3) is 1.98. The minimum absolute atomic E-state index is 0.662. The predicted octanol–water partition coefficient (Wildman–Crippen LogP) is 4.86. The highest BCUT2D eigenvalue weighted by Crippen LogP contribution is 2.46. The van der Waals surface area contributed by atoms with E-state index in [1.54, 1.807) is 0 Å². The van der Waals surface area contributed by atoms with Crippen LogP contribution in [-0.2, 0) is 0 Å². The maximum absolute atomic E-state index is 2.49. The Morgan fingerprint density at radius 2 is 0.900 bits per heavy atom. The molecule has 0 N–H and O–H groups in total. The normalized spacial score (nSPS) is 44.4. The molecule has 0 heterocycles. The van der Waals surface area contributed by atoms with Crippen molar-refractivity contribution in [3.05, 3.63) is 72.9 Å². The Morgan fingerprint density at radius 3 is 1.40 bits per heavy atom. The van der Waals surface area contributed by atoms with Crippen LogP contribution in [0.25, 0.3) is 0 Å². The molecule has 102 valence electrons. The average Bonchev–Trinajstić information content (AvgIpc) is 2.54. The third-order valence-corrected chi connectivity index (χ3v) is 5.46. The zero-order valence-electron chi connectivity index (χ0n) is 11.8. The fourth-order valence-corrected chi connectivity index (χ4v) is 4.45. The van der Waals surface area contributed by atoms with Gasteiger partial charge in [-0.3, -0.25) is 0 Å². The molecule has 0 saturated carbocycles. The highest BCUT2D eigenvalue weighted by molar-refractivity contribution is 5.26. The van der Waals surface area contributed by atoms with Crippen LogP contribution < -0.4 is 0 Å². The first-order valence-electron chi connectivity index (χ1n) is 7.97. The number of fused-ring (bicyclic) bond motifs is 2. The lowest BCUT2D eigenvalue weighted by Gasteiger charge is -2.42. The molecule has 0 aliphatic heterocycles. The summed E-state index contributed by atoms with van der Waals surface area (Å²) in [4.78, 5) is 0. The summed E-state index contributed by atoms with van der Waals surface area (Å²) >= 11 is 0. The monoisotopic (exact) mass is 262 g/mol. The van der Waals surface area contributed by atoms with Crippen LogP contribution in [-0.4, -0.2) is 0 Å². The van der Waals surface area contributed by atoms with E-state index in [1.165, 1.54) is 12.8 Å². The number of hydrogen-bond donors (Lipinski definition) is 0. The van der Waals surface area contributed by atoms with E-state index in [-0.39, 0.29) is 0 Å². The van der Waals surface area contributed by atoms with Gasteiger partial charge in [-0.15, -0.1) is 0 Å². The summed E-state index contributed by atoms with van der Waals surface area (Å²) in [5, 5.41) is 0. The Balaban J connectivity index is 1.66. The molecule has 4 aliphatic rings. The quantitative estimate of drug-likeness (QED) is 0.592. The standard InChI is InChI=1S/C20H22/c1-3-11-17-15(7-1)9-5-13-19(17)20-14-6-10-16-8-2-4-12-18(16)20/h1-8,11-20H,9-10H2/t15?,16?,17?,18?,19-,20-/m0/s1. The first-order chi connectivity index (χ1) is 9.93. The molecule has 0 heteroatoms. The van der Waals surface area contributed by atoms with Gasteiger partial charge in [0.25, 0.3) is 0 Å². The van der Waals surface area contributed by atoms with Gasteiger partial charge in [0.15, 0.2) is 0 Å². The number of allylic oxidation sites excluding steroid dienone is 12. The van der Waals surface area contributed by atoms with Crippen molar-refractivity contribution in [2.24, 2.45) is 35.5 Å². The second kappa shape index (κ2) is 5.09. The topological polar surface area (TPSA) is 0 Å². The van der Waals surface area contributed by atoms with E-state index in [2.05, 4.69) is 72.9 Å². The Hall–Kier alpha value is -1.56. The van der Waals surface area contributed by atoms with Crippen molar-refractivity contribution in [1.82, 2.24) is 0 Å². The summed E-state index contributed by atoms with van der Waals surface area (Å²) < 4.78 is 0. The molecule has 0 radical (unpaired) electrons. The Labute approximate surface area is 122 Å². The second-order valence-electron chi connectivity index (χ2n) is 6.50. The number of rotatable bonds is 1. The minimum Gasteiger partial charge on any atom is -0.0876 e. The molecular formula is C20H22. The average molecular weight is 262 g/mol. The van der Waals surface area contributed by atoms with Gasteiger partial charge >= 0.3 is 0 Å². The molecule has 0 fully saturated rings. The molecule has 0 bridgehead atoms. The van der Waals surface area contributed by atoms with Crippen LogP contribution in [0.1, 0.15) is 12.8 Å². The van der Waals surface area contributed by atoms with Crippen molar-refractivity contribution in [2.75, 3.05) is 0 Å². The van der Waals surface area contributed by atoms with Crippen molar-refractivity contribution in [2.45, 2.75) is 12.8 Å². The molecule has 0 aromatic carbocycles. The fourth-order valence-electron chi connectivity index (χ4n) is 4.45. The van der Waals surface area contributed by atoms with Gasteiger partial charge in [-0.25, -0.2) is 0 Å². The first-order valence-corrected chi connectivity index (χ1v) is 7.97. The molecule has 4 rings (SSSR count). The molecule has 0 aromatic heterocycles. The summed E-state index contributed by atoms with van der Waals surface area (Å²) in [6, 6.07) is 0. The highest BCUT2D eigenvalue weighted by Gasteiger charge is 2.38. The largest absolute Gasteiger partial charge is 0.0876 e. The van der Waals surface area contributed by atoms with Crippen LogP contribution in [0.3, 0.4) is 0 Å². The van der Waals surface area contributed by atoms with Crippen LogP contribution in [0.5, 0.6) is 0 Å². The zero-order valence-corrected chi connectivity index (χ0v) is 11.8. The van der Waals surface area contributed by atoms with E-state index in [1.807, 2.05) is 0 Å². The van der Waals surface area contributed by atoms with Crippen LogP contribution in [0.2, 0.25) is 0 Å². The number of hydrogen-bond acceptors (Lipinski definition) is 0. The van der Waals surface area contributed by atoms with E-state index in [4.69, 9.17) is 0 Å². The highest BCUT2D eigenvalue weighted by atomic mass is 14.4. The molecule has 0 saturated heterocycles. The zero-order chi connectivity index (χ0) is 13.4. The molecule has 20 heavy (non-hydrogen) atoms. The molecule has 4 unspecified atom stereocenters. The summed E-state index contributed by atoms with van der Waals surface area (Å²) in [7, 11) is 0. The van der Waals surface area contributed by atoms with Gasteiger partial charge in [0, 0.05) is 0 Å². The summed E-state index contributed by atoms with van der Waals surface area (Å²) in [5.41, 5.74) is 0. The molecule has 4 aliphatic carbocycles.